The summed E-state index contributed by atoms with van der Waals surface area (Å²) in [7, 11) is -3.89. The summed E-state index contributed by atoms with van der Waals surface area (Å²) in [5.41, 5.74) is 1.26. The Hall–Kier alpha value is -3.36. The number of hydrogen-bond acceptors (Lipinski definition) is 6. The van der Waals surface area contributed by atoms with Gasteiger partial charge >= 0.3 is 0 Å². The van der Waals surface area contributed by atoms with Crippen LogP contribution in [0.15, 0.2) is 77.7 Å². The fourth-order valence-corrected chi connectivity index (χ4v) is 4.69. The van der Waals surface area contributed by atoms with E-state index >= 15 is 0 Å². The first-order valence-electron chi connectivity index (χ1n) is 9.26. The number of alkyl halides is 1. The largest absolute Gasteiger partial charge is 0.508 e. The number of anilines is 2. The van der Waals surface area contributed by atoms with Crippen molar-refractivity contribution in [1.29, 1.82) is 0 Å². The number of Topliss-reactive ketones (excluding diaryl/α,β-unsaturated/α-hetero) is 2. The first kappa shape index (κ1) is 20.9. The molecule has 7 nitrogen and oxygen atoms in total. The second kappa shape index (κ2) is 8.05. The first-order valence-corrected chi connectivity index (χ1v) is 11.2. The molecule has 0 heterocycles. The van der Waals surface area contributed by atoms with E-state index < -0.39 is 21.4 Å². The summed E-state index contributed by atoms with van der Waals surface area (Å²) in [6, 6.07) is 17.0. The minimum absolute atomic E-state index is 0.0137. The fraction of sp³-hybridized carbons (Fsp3) is 0.0909. The minimum Gasteiger partial charge on any atom is -0.508 e. The lowest BCUT2D eigenvalue weighted by atomic mass is 9.85. The molecule has 3 aromatic rings. The Bertz CT molecular complexity index is 1280. The smallest absolute Gasteiger partial charge is 0.261 e. The summed E-state index contributed by atoms with van der Waals surface area (Å²) in [4.78, 5) is 25.3. The molecule has 0 aromatic heterocycles. The third kappa shape index (κ3) is 4.12. The quantitative estimate of drug-likeness (QED) is 0.505. The van der Waals surface area contributed by atoms with Gasteiger partial charge in [-0.3, -0.25) is 14.3 Å². The van der Waals surface area contributed by atoms with Gasteiger partial charge in [0.2, 0.25) is 0 Å². The maximum absolute atomic E-state index is 12.8. The van der Waals surface area contributed by atoms with Crippen LogP contribution in [-0.2, 0) is 10.0 Å². The number of nitrogens with one attached hydrogen (secondary N) is 2. The molecule has 1 aliphatic carbocycles. The van der Waals surface area contributed by atoms with Crippen molar-refractivity contribution in [3.05, 3.63) is 83.9 Å². The number of rotatable bonds is 5. The number of fused-ring (bicyclic) bond motifs is 1. The van der Waals surface area contributed by atoms with E-state index in [0.717, 1.165) is 0 Å². The van der Waals surface area contributed by atoms with E-state index in [4.69, 9.17) is 11.6 Å². The molecule has 31 heavy (non-hydrogen) atoms. The Balaban J connectivity index is 1.54. The van der Waals surface area contributed by atoms with E-state index in [9.17, 15) is 23.1 Å². The number of aromatic hydroxyl groups is 1. The molecule has 3 aromatic carbocycles. The predicted octanol–water partition coefficient (Wildman–Crippen LogP) is 3.66. The van der Waals surface area contributed by atoms with Crippen LogP contribution in [0.1, 0.15) is 20.7 Å². The minimum atomic E-state index is -3.89. The lowest BCUT2D eigenvalue weighted by Crippen LogP contribution is -2.46. The van der Waals surface area contributed by atoms with Crippen LogP contribution >= 0.6 is 11.6 Å². The lowest BCUT2D eigenvalue weighted by Gasteiger charge is -2.28. The molecular formula is C22H17ClN2O5S. The third-order valence-corrected chi connectivity index (χ3v) is 6.72. The highest BCUT2D eigenvalue weighted by Crippen LogP contribution is 2.28. The molecule has 0 spiro atoms. The number of carbonyl (C=O) groups excluding carboxylic acids is 2. The highest BCUT2D eigenvalue weighted by Gasteiger charge is 2.40. The van der Waals surface area contributed by atoms with Crippen LogP contribution in [0.5, 0.6) is 5.75 Å². The molecule has 3 N–H and O–H groups in total. The predicted molar refractivity (Wildman–Crippen MR) is 118 cm³/mol. The van der Waals surface area contributed by atoms with E-state index in [1.54, 1.807) is 24.3 Å². The van der Waals surface area contributed by atoms with Gasteiger partial charge in [-0.2, -0.15) is 0 Å². The van der Waals surface area contributed by atoms with E-state index in [1.807, 2.05) is 0 Å². The van der Waals surface area contributed by atoms with Gasteiger partial charge in [0, 0.05) is 22.9 Å². The molecule has 0 saturated carbocycles. The van der Waals surface area contributed by atoms with E-state index in [1.165, 1.54) is 48.5 Å². The van der Waals surface area contributed by atoms with Crippen molar-refractivity contribution in [3.63, 3.8) is 0 Å². The number of phenols is 1. The van der Waals surface area contributed by atoms with Gasteiger partial charge in [-0.15, -0.1) is 11.6 Å². The summed E-state index contributed by atoms with van der Waals surface area (Å²) < 4.78 is 27.5. The molecule has 0 aliphatic heterocycles. The van der Waals surface area contributed by atoms with Gasteiger partial charge in [0.1, 0.15) is 17.2 Å². The summed E-state index contributed by atoms with van der Waals surface area (Å²) in [6.07, 6.45) is 0. The van der Waals surface area contributed by atoms with Crippen molar-refractivity contribution in [2.45, 2.75) is 16.3 Å². The fourth-order valence-electron chi connectivity index (χ4n) is 3.35. The van der Waals surface area contributed by atoms with Crippen LogP contribution < -0.4 is 10.0 Å². The Morgan fingerprint density at radius 3 is 2.10 bits per heavy atom. The average Bonchev–Trinajstić information content (AvgIpc) is 2.75. The zero-order valence-corrected chi connectivity index (χ0v) is 17.5. The zero-order chi connectivity index (χ0) is 22.2. The second-order valence-electron chi connectivity index (χ2n) is 6.98. The van der Waals surface area contributed by atoms with Gasteiger partial charge in [0.25, 0.3) is 10.0 Å². The van der Waals surface area contributed by atoms with Gasteiger partial charge in [-0.25, -0.2) is 8.42 Å². The lowest BCUT2D eigenvalue weighted by molar-refractivity contribution is 0.0881. The first-order chi connectivity index (χ1) is 14.8. The summed E-state index contributed by atoms with van der Waals surface area (Å²) in [6.45, 7) is 0. The number of sulfonamides is 1. The van der Waals surface area contributed by atoms with Crippen molar-refractivity contribution in [3.8, 4) is 5.75 Å². The molecule has 0 radical (unpaired) electrons. The Labute approximate surface area is 183 Å². The van der Waals surface area contributed by atoms with Crippen LogP contribution in [0, 0.1) is 0 Å². The van der Waals surface area contributed by atoms with Gasteiger partial charge < -0.3 is 10.4 Å². The average molecular weight is 457 g/mol. The molecule has 158 valence electrons. The number of phenolic OH excluding ortho intramolecular Hbond substituents is 1. The molecule has 4 rings (SSSR count). The van der Waals surface area contributed by atoms with Gasteiger partial charge in [0.15, 0.2) is 11.6 Å². The van der Waals surface area contributed by atoms with Crippen LogP contribution in [0.3, 0.4) is 0 Å². The van der Waals surface area contributed by atoms with E-state index in [0.29, 0.717) is 16.8 Å². The number of benzene rings is 3. The molecule has 0 amide bonds. The number of ketones is 2. The molecule has 1 aliphatic rings. The molecule has 0 bridgehead atoms. The third-order valence-electron chi connectivity index (χ3n) is 4.87. The van der Waals surface area contributed by atoms with Crippen molar-refractivity contribution < 1.29 is 23.1 Å². The van der Waals surface area contributed by atoms with Gasteiger partial charge in [-0.05, 0) is 36.4 Å². The Morgan fingerprint density at radius 1 is 0.806 bits per heavy atom. The second-order valence-corrected chi connectivity index (χ2v) is 9.13. The van der Waals surface area contributed by atoms with Gasteiger partial charge in [0.05, 0.1) is 10.6 Å². The maximum Gasteiger partial charge on any atom is 0.261 e. The normalized spacial score (nSPS) is 18.4. The molecular weight excluding hydrogens is 440 g/mol. The van der Waals surface area contributed by atoms with E-state index in [-0.39, 0.29) is 27.9 Å². The van der Waals surface area contributed by atoms with Crippen molar-refractivity contribution in [2.24, 2.45) is 0 Å². The van der Waals surface area contributed by atoms with Crippen molar-refractivity contribution in [2.75, 3.05) is 10.0 Å². The monoisotopic (exact) mass is 456 g/mol. The highest BCUT2D eigenvalue weighted by molar-refractivity contribution is 7.92. The Morgan fingerprint density at radius 2 is 1.45 bits per heavy atom. The number of halogens is 1. The molecule has 0 fully saturated rings. The molecule has 9 heteroatoms. The SMILES string of the molecule is O=C1c2ccccc2C(=O)C(Nc2ccc(S(=O)(=O)Nc3cccc(O)c3)cc2)C1Cl. The van der Waals surface area contributed by atoms with Crippen LogP contribution in [0.25, 0.3) is 0 Å². The number of carbonyl (C=O) groups is 2. The summed E-state index contributed by atoms with van der Waals surface area (Å²) in [5.74, 6) is -0.718. The highest BCUT2D eigenvalue weighted by atomic mass is 35.5. The number of hydrogen-bond donors (Lipinski definition) is 3. The van der Waals surface area contributed by atoms with Gasteiger partial charge in [-0.1, -0.05) is 30.3 Å². The topological polar surface area (TPSA) is 113 Å². The maximum atomic E-state index is 12.8. The zero-order valence-electron chi connectivity index (χ0n) is 15.9. The van der Waals surface area contributed by atoms with Crippen LogP contribution in [0.2, 0.25) is 0 Å². The molecule has 2 atom stereocenters. The van der Waals surface area contributed by atoms with Crippen molar-refractivity contribution in [1.82, 2.24) is 0 Å². The summed E-state index contributed by atoms with van der Waals surface area (Å²) >= 11 is 6.25. The van der Waals surface area contributed by atoms with Crippen LogP contribution in [0.4, 0.5) is 11.4 Å². The van der Waals surface area contributed by atoms with Crippen molar-refractivity contribution >= 4 is 44.6 Å². The molecule has 2 unspecified atom stereocenters. The van der Waals surface area contributed by atoms with Crippen LogP contribution in [-0.4, -0.2) is 36.5 Å². The van der Waals surface area contributed by atoms with E-state index in [2.05, 4.69) is 10.0 Å². The molecule has 0 saturated heterocycles. The standard InChI is InChI=1S/C22H17ClN2O5S/c23-19-20(22(28)18-7-2-1-6-17(18)21(19)27)24-13-8-10-16(11-9-13)31(29,30)25-14-4-3-5-15(26)12-14/h1-12,19-20,24-26H. The Kier molecular flexibility index (Phi) is 5.43. The summed E-state index contributed by atoms with van der Waals surface area (Å²) in [5, 5.41) is 11.3.